The summed E-state index contributed by atoms with van der Waals surface area (Å²) < 4.78 is 6.51. The van der Waals surface area contributed by atoms with Gasteiger partial charge in [-0.3, -0.25) is 14.7 Å². The number of phenols is 1. The average Bonchev–Trinajstić information content (AvgIpc) is 3.56. The molecule has 7 nitrogen and oxygen atoms in total. The first-order chi connectivity index (χ1) is 19.8. The van der Waals surface area contributed by atoms with Crippen LogP contribution in [0.3, 0.4) is 0 Å². The van der Waals surface area contributed by atoms with Crippen LogP contribution in [-0.4, -0.2) is 69.0 Å². The number of amides is 1. The number of aliphatic hydroxyl groups is 1. The fraction of sp³-hybridized carbons (Fsp3) is 0.647. The van der Waals surface area contributed by atoms with Crippen molar-refractivity contribution >= 4 is 5.91 Å². The molecule has 3 saturated heterocycles. The number of pyridine rings is 1. The lowest BCUT2D eigenvalue weighted by molar-refractivity contribution is -0.180. The van der Waals surface area contributed by atoms with Gasteiger partial charge in [0.05, 0.1) is 11.2 Å². The maximum atomic E-state index is 12.9. The number of nitrogens with zero attached hydrogens (tertiary/aromatic N) is 2. The summed E-state index contributed by atoms with van der Waals surface area (Å²) in [7, 11) is 0. The molecule has 1 spiro atoms. The maximum Gasteiger partial charge on any atom is 0.220 e. The van der Waals surface area contributed by atoms with Crippen molar-refractivity contribution in [3.63, 3.8) is 0 Å². The molecule has 2 bridgehead atoms. The van der Waals surface area contributed by atoms with Gasteiger partial charge in [-0.05, 0) is 112 Å². The SMILES string of the molecule is O=C1C[C@@H]2C[C@@]3(O)[C@H]4Cc5ccc(O)cc5[C@]3(CCN4CC[C@@]3(c4ccccn4)CCOC4(CCCC4)C3)CC2N1. The molecule has 3 N–H and O–H groups in total. The highest BCUT2D eigenvalue weighted by Crippen LogP contribution is 2.61. The number of rotatable bonds is 4. The van der Waals surface area contributed by atoms with Crippen molar-refractivity contribution in [1.29, 1.82) is 0 Å². The van der Waals surface area contributed by atoms with E-state index in [1.54, 1.807) is 6.07 Å². The van der Waals surface area contributed by atoms with Crippen LogP contribution in [0.25, 0.3) is 0 Å². The van der Waals surface area contributed by atoms with Gasteiger partial charge in [0.2, 0.25) is 5.91 Å². The molecular weight excluding hydrogens is 514 g/mol. The van der Waals surface area contributed by atoms with E-state index in [-0.39, 0.29) is 40.7 Å². The predicted octanol–water partition coefficient (Wildman–Crippen LogP) is 4.14. The second-order valence-corrected chi connectivity index (χ2v) is 14.3. The second-order valence-electron chi connectivity index (χ2n) is 14.3. The van der Waals surface area contributed by atoms with Crippen molar-refractivity contribution in [2.24, 2.45) is 5.92 Å². The minimum atomic E-state index is -0.931. The highest BCUT2D eigenvalue weighted by molar-refractivity contribution is 5.79. The van der Waals surface area contributed by atoms with E-state index in [0.29, 0.717) is 12.8 Å². The number of aromatic hydroxyl groups is 1. The summed E-state index contributed by atoms with van der Waals surface area (Å²) in [5, 5.41) is 26.6. The molecule has 1 aromatic heterocycles. The van der Waals surface area contributed by atoms with Crippen LogP contribution in [0.4, 0.5) is 0 Å². The Hall–Kier alpha value is -2.48. The number of likely N-dealkylation sites (tertiary alicyclic amines) is 1. The molecular formula is C34H43N3O4. The number of fused-ring (bicyclic) bond motifs is 2. The van der Waals surface area contributed by atoms with Gasteiger partial charge in [-0.15, -0.1) is 0 Å². The van der Waals surface area contributed by atoms with Crippen molar-refractivity contribution in [3.8, 4) is 5.75 Å². The van der Waals surface area contributed by atoms with E-state index in [9.17, 15) is 15.0 Å². The lowest BCUT2D eigenvalue weighted by Gasteiger charge is -2.65. The first-order valence-corrected chi connectivity index (χ1v) is 16.0. The molecule has 1 aromatic carbocycles. The van der Waals surface area contributed by atoms with Crippen molar-refractivity contribution in [2.45, 2.75) is 111 Å². The monoisotopic (exact) mass is 557 g/mol. The number of carbonyl (C=O) groups excluding carboxylic acids is 1. The number of benzene rings is 1. The zero-order valence-corrected chi connectivity index (χ0v) is 24.0. The summed E-state index contributed by atoms with van der Waals surface area (Å²) in [4.78, 5) is 20.0. The predicted molar refractivity (Wildman–Crippen MR) is 155 cm³/mol. The van der Waals surface area contributed by atoms with E-state index in [4.69, 9.17) is 9.72 Å². The summed E-state index contributed by atoms with van der Waals surface area (Å²) in [5.41, 5.74) is 2.11. The lowest BCUT2D eigenvalue weighted by Crippen LogP contribution is -2.75. The molecule has 4 heterocycles. The van der Waals surface area contributed by atoms with Crippen molar-refractivity contribution < 1.29 is 19.7 Å². The van der Waals surface area contributed by atoms with Crippen LogP contribution in [0, 0.1) is 5.92 Å². The summed E-state index contributed by atoms with van der Waals surface area (Å²) in [6.07, 6.45) is 13.2. The van der Waals surface area contributed by atoms with E-state index < -0.39 is 11.0 Å². The van der Waals surface area contributed by atoms with Gasteiger partial charge in [-0.2, -0.15) is 0 Å². The molecule has 2 aromatic rings. The molecule has 2 saturated carbocycles. The van der Waals surface area contributed by atoms with Gasteiger partial charge >= 0.3 is 0 Å². The van der Waals surface area contributed by atoms with E-state index in [2.05, 4.69) is 28.4 Å². The quantitative estimate of drug-likeness (QED) is 0.523. The Labute approximate surface area is 242 Å². The third-order valence-corrected chi connectivity index (χ3v) is 12.4. The lowest BCUT2D eigenvalue weighted by atomic mass is 9.47. The second kappa shape index (κ2) is 9.26. The van der Waals surface area contributed by atoms with Gasteiger partial charge in [0, 0.05) is 47.8 Å². The Bertz CT molecular complexity index is 1340. The van der Waals surface area contributed by atoms with Crippen LogP contribution in [0.2, 0.25) is 0 Å². The first-order valence-electron chi connectivity index (χ1n) is 16.0. The highest BCUT2D eigenvalue weighted by atomic mass is 16.5. The van der Waals surface area contributed by atoms with Gasteiger partial charge in [-0.25, -0.2) is 0 Å². The van der Waals surface area contributed by atoms with Crippen LogP contribution in [0.15, 0.2) is 42.6 Å². The molecule has 5 fully saturated rings. The Morgan fingerprint density at radius 2 is 1.95 bits per heavy atom. The topological polar surface area (TPSA) is 94.9 Å². The number of carbonyl (C=O) groups is 1. The molecule has 1 amide bonds. The van der Waals surface area contributed by atoms with Crippen LogP contribution in [-0.2, 0) is 26.8 Å². The highest BCUT2D eigenvalue weighted by Gasteiger charge is 2.67. The Balaban J connectivity index is 1.14. The Morgan fingerprint density at radius 1 is 1.07 bits per heavy atom. The van der Waals surface area contributed by atoms with Crippen molar-refractivity contribution in [1.82, 2.24) is 15.2 Å². The molecule has 0 radical (unpaired) electrons. The fourth-order valence-electron chi connectivity index (χ4n) is 10.5. The minimum Gasteiger partial charge on any atom is -0.508 e. The number of piperidine rings is 1. The summed E-state index contributed by atoms with van der Waals surface area (Å²) >= 11 is 0. The zero-order chi connectivity index (χ0) is 27.9. The maximum absolute atomic E-state index is 12.9. The summed E-state index contributed by atoms with van der Waals surface area (Å²) in [6, 6.07) is 12.2. The van der Waals surface area contributed by atoms with E-state index >= 15 is 0 Å². The van der Waals surface area contributed by atoms with E-state index in [0.717, 1.165) is 76.6 Å². The zero-order valence-electron chi connectivity index (χ0n) is 24.0. The van der Waals surface area contributed by atoms with Crippen LogP contribution in [0.1, 0.15) is 87.4 Å². The number of hydrogen-bond donors (Lipinski definition) is 3. The molecule has 7 heteroatoms. The van der Waals surface area contributed by atoms with Gasteiger partial charge in [-0.1, -0.05) is 25.0 Å². The van der Waals surface area contributed by atoms with Crippen LogP contribution >= 0.6 is 0 Å². The number of ether oxygens (including phenoxy) is 1. The summed E-state index contributed by atoms with van der Waals surface area (Å²) in [6.45, 7) is 2.61. The molecule has 6 atom stereocenters. The Morgan fingerprint density at radius 3 is 2.78 bits per heavy atom. The minimum absolute atomic E-state index is 0.00833. The van der Waals surface area contributed by atoms with Gasteiger partial charge < -0.3 is 20.3 Å². The van der Waals surface area contributed by atoms with Crippen molar-refractivity contribution in [2.75, 3.05) is 19.7 Å². The Kier molecular flexibility index (Phi) is 5.91. The first kappa shape index (κ1) is 26.2. The number of hydrogen-bond acceptors (Lipinski definition) is 6. The number of aromatic nitrogens is 1. The number of nitrogens with one attached hydrogen (secondary N) is 1. The van der Waals surface area contributed by atoms with Crippen molar-refractivity contribution in [3.05, 3.63) is 59.4 Å². The van der Waals surface area contributed by atoms with Gasteiger partial charge in [0.25, 0.3) is 0 Å². The number of phenolic OH excluding ortho intramolecular Hbond substituents is 1. The third-order valence-electron chi connectivity index (χ3n) is 12.4. The molecule has 6 aliphatic rings. The molecule has 218 valence electrons. The standard InChI is InChI=1S/C34H43N3O4/c38-25-7-6-23-17-29-34(40)20-24-18-30(39)36-27(24)21-33(34,26(23)19-25)11-15-37(29)14-10-31(28-5-1-4-13-35-28)12-16-41-32(22-31)8-2-3-9-32/h1,4-7,13,19,24,27,29,38,40H,2-3,8-12,14-18,20-22H2,(H,36,39)/t24-,27?,29-,31-,33+,34-/m1/s1. The van der Waals surface area contributed by atoms with E-state index in [1.165, 1.54) is 24.1 Å². The normalized spacial score (nSPS) is 39.1. The molecule has 3 aliphatic carbocycles. The molecule has 3 aliphatic heterocycles. The molecule has 1 unspecified atom stereocenters. The van der Waals surface area contributed by atoms with Crippen LogP contribution in [0.5, 0.6) is 5.75 Å². The third kappa shape index (κ3) is 3.88. The summed E-state index contributed by atoms with van der Waals surface area (Å²) in [5.74, 6) is 0.537. The molecule has 8 rings (SSSR count). The van der Waals surface area contributed by atoms with Crippen LogP contribution < -0.4 is 5.32 Å². The fourth-order valence-corrected chi connectivity index (χ4v) is 10.5. The average molecular weight is 558 g/mol. The van der Waals surface area contributed by atoms with Gasteiger partial charge in [0.15, 0.2) is 0 Å². The van der Waals surface area contributed by atoms with Gasteiger partial charge in [0.1, 0.15) is 5.75 Å². The molecule has 41 heavy (non-hydrogen) atoms. The smallest absolute Gasteiger partial charge is 0.220 e. The largest absolute Gasteiger partial charge is 0.508 e. The van der Waals surface area contributed by atoms with E-state index in [1.807, 2.05) is 18.3 Å².